The molecule has 1 aromatic rings. The fraction of sp³-hybridized carbons (Fsp3) is 0.545. The zero-order valence-corrected chi connectivity index (χ0v) is 10.9. The molecular weight excluding hydrogens is 274 g/mol. The Morgan fingerprint density at radius 2 is 2.33 bits per heavy atom. The van der Waals surface area contributed by atoms with Crippen LogP contribution in [-0.4, -0.2) is 12.3 Å². The molecule has 0 amide bonds. The molecule has 0 atom stereocenters. The fourth-order valence-electron chi connectivity index (χ4n) is 2.04. The van der Waals surface area contributed by atoms with Gasteiger partial charge in [-0.2, -0.15) is 0 Å². The van der Waals surface area contributed by atoms with Crippen LogP contribution in [0.1, 0.15) is 35.4 Å². The lowest BCUT2D eigenvalue weighted by Gasteiger charge is -2.40. The average molecular weight is 288 g/mol. The van der Waals surface area contributed by atoms with Crippen LogP contribution in [0.25, 0.3) is 0 Å². The summed E-state index contributed by atoms with van der Waals surface area (Å²) in [5.74, 6) is 0.238. The Bertz CT molecular complexity index is 365. The topological polar surface area (TPSA) is 43.1 Å². The highest BCUT2D eigenvalue weighted by atomic mass is 79.9. The second-order valence-electron chi connectivity index (χ2n) is 4.26. The first-order valence-electron chi connectivity index (χ1n) is 5.13. The molecule has 1 aromatic heterocycles. The minimum absolute atomic E-state index is 0.112. The van der Waals surface area contributed by atoms with E-state index in [4.69, 9.17) is 5.73 Å². The number of carbonyl (C=O) groups is 1. The molecule has 2 rings (SSSR count). The normalized spacial score (nSPS) is 18.5. The summed E-state index contributed by atoms with van der Waals surface area (Å²) in [6, 6.07) is 1.92. The van der Waals surface area contributed by atoms with Crippen LogP contribution >= 0.6 is 27.3 Å². The summed E-state index contributed by atoms with van der Waals surface area (Å²) in [4.78, 5) is 12.9. The predicted molar refractivity (Wildman–Crippen MR) is 66.3 cm³/mol. The largest absolute Gasteiger partial charge is 0.330 e. The van der Waals surface area contributed by atoms with E-state index < -0.39 is 0 Å². The second-order valence-corrected chi connectivity index (χ2v) is 6.03. The second kappa shape index (κ2) is 4.36. The Morgan fingerprint density at radius 1 is 1.60 bits per heavy atom. The van der Waals surface area contributed by atoms with Crippen molar-refractivity contribution in [1.29, 1.82) is 0 Å². The van der Waals surface area contributed by atoms with E-state index in [0.29, 0.717) is 13.0 Å². The Hall–Kier alpha value is -0.190. The summed E-state index contributed by atoms with van der Waals surface area (Å²) in [7, 11) is 0. The molecule has 1 saturated carbocycles. The summed E-state index contributed by atoms with van der Waals surface area (Å²) in [5.41, 5.74) is 5.86. The van der Waals surface area contributed by atoms with E-state index in [0.717, 1.165) is 22.2 Å². The molecule has 1 fully saturated rings. The number of halogens is 1. The molecule has 82 valence electrons. The van der Waals surface area contributed by atoms with E-state index in [2.05, 4.69) is 15.9 Å². The van der Waals surface area contributed by atoms with E-state index in [-0.39, 0.29) is 11.2 Å². The van der Waals surface area contributed by atoms with Crippen molar-refractivity contribution >= 4 is 33.0 Å². The summed E-state index contributed by atoms with van der Waals surface area (Å²) in [6.07, 6.45) is 4.05. The van der Waals surface area contributed by atoms with Crippen molar-refractivity contribution in [2.24, 2.45) is 11.1 Å². The number of Topliss-reactive ketones (excluding diaryl/α,β-unsaturated/α-hetero) is 1. The molecule has 1 heterocycles. The van der Waals surface area contributed by atoms with Gasteiger partial charge in [0.05, 0.1) is 4.88 Å². The molecule has 0 saturated heterocycles. The standard InChI is InChI=1S/C11H14BrNOS/c12-8-2-5-15-10(8)9(14)6-11(7-13)3-1-4-11/h2,5H,1,3-4,6-7,13H2. The molecule has 0 spiro atoms. The molecule has 0 radical (unpaired) electrons. The number of ketones is 1. The number of hydrogen-bond acceptors (Lipinski definition) is 3. The molecule has 4 heteroatoms. The van der Waals surface area contributed by atoms with E-state index in [1.165, 1.54) is 17.8 Å². The van der Waals surface area contributed by atoms with Gasteiger partial charge in [0.2, 0.25) is 0 Å². The van der Waals surface area contributed by atoms with Crippen molar-refractivity contribution in [2.45, 2.75) is 25.7 Å². The van der Waals surface area contributed by atoms with E-state index in [1.54, 1.807) is 0 Å². The van der Waals surface area contributed by atoms with Crippen LogP contribution in [-0.2, 0) is 0 Å². The maximum absolute atomic E-state index is 12.0. The Morgan fingerprint density at radius 3 is 2.73 bits per heavy atom. The summed E-state index contributed by atoms with van der Waals surface area (Å²) < 4.78 is 0.920. The molecule has 0 unspecified atom stereocenters. The lowest BCUT2D eigenvalue weighted by molar-refractivity contribution is 0.0789. The monoisotopic (exact) mass is 287 g/mol. The third-order valence-corrected chi connectivity index (χ3v) is 5.13. The van der Waals surface area contributed by atoms with E-state index in [1.807, 2.05) is 11.4 Å². The van der Waals surface area contributed by atoms with Gasteiger partial charge < -0.3 is 5.73 Å². The van der Waals surface area contributed by atoms with Gasteiger partial charge in [-0.05, 0) is 52.2 Å². The van der Waals surface area contributed by atoms with Crippen molar-refractivity contribution in [3.05, 3.63) is 20.8 Å². The summed E-state index contributed by atoms with van der Waals surface area (Å²) >= 11 is 4.90. The minimum Gasteiger partial charge on any atom is -0.330 e. The zero-order valence-electron chi connectivity index (χ0n) is 8.46. The lowest BCUT2D eigenvalue weighted by atomic mass is 9.66. The molecule has 1 aliphatic rings. The number of hydrogen-bond donors (Lipinski definition) is 1. The Labute approximate surface area is 102 Å². The molecular formula is C11H14BrNOS. The average Bonchev–Trinajstić information content (AvgIpc) is 2.58. The van der Waals surface area contributed by atoms with Crippen LogP contribution in [0.2, 0.25) is 0 Å². The van der Waals surface area contributed by atoms with Crippen molar-refractivity contribution in [2.75, 3.05) is 6.54 Å². The van der Waals surface area contributed by atoms with Gasteiger partial charge in [0.25, 0.3) is 0 Å². The van der Waals surface area contributed by atoms with Gasteiger partial charge in [-0.3, -0.25) is 4.79 Å². The van der Waals surface area contributed by atoms with Gasteiger partial charge >= 0.3 is 0 Å². The van der Waals surface area contributed by atoms with Crippen LogP contribution in [0.15, 0.2) is 15.9 Å². The van der Waals surface area contributed by atoms with E-state index in [9.17, 15) is 4.79 Å². The van der Waals surface area contributed by atoms with Gasteiger partial charge in [-0.1, -0.05) is 6.42 Å². The SMILES string of the molecule is NCC1(CC(=O)c2sccc2Br)CCC1. The number of rotatable bonds is 4. The van der Waals surface area contributed by atoms with Gasteiger partial charge in [0.1, 0.15) is 0 Å². The summed E-state index contributed by atoms with van der Waals surface area (Å²) in [6.45, 7) is 0.641. The van der Waals surface area contributed by atoms with Crippen LogP contribution in [0, 0.1) is 5.41 Å². The third-order valence-electron chi connectivity index (χ3n) is 3.25. The maximum atomic E-state index is 12.0. The quantitative estimate of drug-likeness (QED) is 0.864. The fourth-order valence-corrected chi connectivity index (χ4v) is 3.58. The molecule has 2 N–H and O–H groups in total. The van der Waals surface area contributed by atoms with Crippen molar-refractivity contribution in [1.82, 2.24) is 0 Å². The zero-order chi connectivity index (χ0) is 10.9. The Kier molecular flexibility index (Phi) is 3.28. The molecule has 0 aliphatic heterocycles. The lowest BCUT2D eigenvalue weighted by Crippen LogP contribution is -2.39. The van der Waals surface area contributed by atoms with Gasteiger partial charge in [-0.15, -0.1) is 11.3 Å². The van der Waals surface area contributed by atoms with Crippen molar-refractivity contribution in [3.8, 4) is 0 Å². The molecule has 15 heavy (non-hydrogen) atoms. The van der Waals surface area contributed by atoms with Crippen molar-refractivity contribution < 1.29 is 4.79 Å². The highest BCUT2D eigenvalue weighted by Gasteiger charge is 2.38. The highest BCUT2D eigenvalue weighted by molar-refractivity contribution is 9.10. The molecule has 0 bridgehead atoms. The van der Waals surface area contributed by atoms with Crippen LogP contribution < -0.4 is 5.73 Å². The van der Waals surface area contributed by atoms with Gasteiger partial charge in [0, 0.05) is 10.9 Å². The minimum atomic E-state index is 0.112. The van der Waals surface area contributed by atoms with Crippen LogP contribution in [0.5, 0.6) is 0 Å². The number of thiophene rings is 1. The number of nitrogens with two attached hydrogens (primary N) is 1. The first kappa shape index (κ1) is 11.3. The van der Waals surface area contributed by atoms with E-state index >= 15 is 0 Å². The first-order chi connectivity index (χ1) is 7.17. The Balaban J connectivity index is 2.07. The summed E-state index contributed by atoms with van der Waals surface area (Å²) in [5, 5.41) is 1.94. The van der Waals surface area contributed by atoms with Gasteiger partial charge in [-0.25, -0.2) is 0 Å². The smallest absolute Gasteiger partial charge is 0.174 e. The first-order valence-corrected chi connectivity index (χ1v) is 6.80. The molecule has 2 nitrogen and oxygen atoms in total. The van der Waals surface area contributed by atoms with Gasteiger partial charge in [0.15, 0.2) is 5.78 Å². The predicted octanol–water partition coefficient (Wildman–Crippen LogP) is 3.21. The van der Waals surface area contributed by atoms with Crippen molar-refractivity contribution in [3.63, 3.8) is 0 Å². The molecule has 1 aliphatic carbocycles. The molecule has 0 aromatic carbocycles. The number of carbonyl (C=O) groups excluding carboxylic acids is 1. The highest BCUT2D eigenvalue weighted by Crippen LogP contribution is 2.44. The third kappa shape index (κ3) is 2.17. The van der Waals surface area contributed by atoms with Crippen LogP contribution in [0.4, 0.5) is 0 Å². The van der Waals surface area contributed by atoms with Crippen LogP contribution in [0.3, 0.4) is 0 Å². The maximum Gasteiger partial charge on any atom is 0.174 e.